The molecule has 0 spiro atoms. The van der Waals surface area contributed by atoms with Crippen LogP contribution in [0.15, 0.2) is 0 Å². The minimum atomic E-state index is -2.15. The molecule has 0 saturated heterocycles. The van der Waals surface area contributed by atoms with Crippen LogP contribution in [0.4, 0.5) is 0 Å². The first-order valence-electron chi connectivity index (χ1n) is 5.56. The molecule has 0 aliphatic rings. The molecule has 1 N–H and O–H groups in total. The minimum Gasteiger partial charge on any atom is -0.323 e. The minimum absolute atomic E-state index is 0.114. The Morgan fingerprint density at radius 3 is 2.12 bits per heavy atom. The number of hydrogen-bond acceptors (Lipinski definition) is 4. The van der Waals surface area contributed by atoms with Gasteiger partial charge in [-0.15, -0.1) is 0 Å². The molecule has 1 amide bonds. The van der Waals surface area contributed by atoms with Crippen molar-refractivity contribution in [3.8, 4) is 0 Å². The van der Waals surface area contributed by atoms with Gasteiger partial charge in [-0.3, -0.25) is 14.9 Å². The topological polar surface area (TPSA) is 60.9 Å². The van der Waals surface area contributed by atoms with Crippen molar-refractivity contribution in [1.82, 2.24) is 9.96 Å². The van der Waals surface area contributed by atoms with Crippen LogP contribution in [0.1, 0.15) is 27.2 Å². The molecule has 5 nitrogen and oxygen atoms in total. The van der Waals surface area contributed by atoms with Crippen molar-refractivity contribution in [3.63, 3.8) is 0 Å². The maximum absolute atomic E-state index is 11.5. The molecule has 16 heavy (non-hydrogen) atoms. The average Bonchev–Trinajstić information content (AvgIpc) is 2.18. The van der Waals surface area contributed by atoms with Gasteiger partial charge in [-0.05, 0) is 19.8 Å². The summed E-state index contributed by atoms with van der Waals surface area (Å²) in [6, 6.07) is 0. The van der Waals surface area contributed by atoms with E-state index in [0.717, 1.165) is 13.0 Å². The molecule has 0 aromatic heterocycles. The van der Waals surface area contributed by atoms with Crippen LogP contribution in [-0.4, -0.2) is 54.4 Å². The van der Waals surface area contributed by atoms with Crippen molar-refractivity contribution in [3.05, 3.63) is 0 Å². The smallest absolute Gasteiger partial charge is 0.234 e. The summed E-state index contributed by atoms with van der Waals surface area (Å²) in [6.07, 6.45) is 1.66. The number of nitrogens with zero attached hydrogens (tertiary/aromatic N) is 2. The van der Waals surface area contributed by atoms with E-state index >= 15 is 0 Å². The van der Waals surface area contributed by atoms with Gasteiger partial charge in [0.2, 0.25) is 6.41 Å². The third kappa shape index (κ3) is 11.7. The lowest BCUT2D eigenvalue weighted by Crippen LogP contribution is -2.36. The zero-order valence-electron chi connectivity index (χ0n) is 11.0. The predicted molar refractivity (Wildman–Crippen MR) is 67.2 cm³/mol. The number of carbonyl (C=O) groups excluding carboxylic acids is 1. The number of carbonyl (C=O) groups is 1. The SMILES string of the molecule is CC.CCCN(CN(O)C=O)CP(C)(C)=O. The summed E-state index contributed by atoms with van der Waals surface area (Å²) < 4.78 is 11.5. The summed E-state index contributed by atoms with van der Waals surface area (Å²) in [5.41, 5.74) is 0. The highest BCUT2D eigenvalue weighted by Gasteiger charge is 2.15. The Hall–Kier alpha value is -0.380. The van der Waals surface area contributed by atoms with Gasteiger partial charge < -0.3 is 4.57 Å². The lowest BCUT2D eigenvalue weighted by molar-refractivity contribution is -0.158. The third-order valence-corrected chi connectivity index (χ3v) is 2.63. The van der Waals surface area contributed by atoms with Gasteiger partial charge in [0.05, 0.1) is 13.4 Å². The van der Waals surface area contributed by atoms with E-state index in [1.165, 1.54) is 0 Å². The summed E-state index contributed by atoms with van der Waals surface area (Å²) in [5.74, 6) is 0. The third-order valence-electron chi connectivity index (χ3n) is 1.55. The standard InChI is InChI=1S/C8H19N2O3P.C2H6/c1-4-5-9(6-10(12)7-11)8-14(2,3)13;1-2/h7,12H,4-6,8H2,1-3H3;1-2H3. The Morgan fingerprint density at radius 2 is 1.81 bits per heavy atom. The van der Waals surface area contributed by atoms with E-state index in [0.29, 0.717) is 17.8 Å². The van der Waals surface area contributed by atoms with Crippen molar-refractivity contribution in [2.45, 2.75) is 27.2 Å². The van der Waals surface area contributed by atoms with Crippen LogP contribution in [0.25, 0.3) is 0 Å². The summed E-state index contributed by atoms with van der Waals surface area (Å²) in [7, 11) is -2.15. The molecule has 0 radical (unpaired) electrons. The molecule has 0 aliphatic heterocycles. The molecular weight excluding hydrogens is 227 g/mol. The van der Waals surface area contributed by atoms with Crippen LogP contribution in [0, 0.1) is 0 Å². The molecular formula is C10H25N2O3P. The quantitative estimate of drug-likeness (QED) is 0.248. The molecule has 0 atom stereocenters. The van der Waals surface area contributed by atoms with Gasteiger partial charge >= 0.3 is 0 Å². The lowest BCUT2D eigenvalue weighted by Gasteiger charge is -2.25. The van der Waals surface area contributed by atoms with Gasteiger partial charge in [-0.1, -0.05) is 20.8 Å². The van der Waals surface area contributed by atoms with E-state index in [2.05, 4.69) is 0 Å². The first kappa shape index (κ1) is 18.0. The summed E-state index contributed by atoms with van der Waals surface area (Å²) in [4.78, 5) is 12.0. The van der Waals surface area contributed by atoms with Crippen LogP contribution < -0.4 is 0 Å². The normalized spacial score (nSPS) is 10.7. The van der Waals surface area contributed by atoms with Crippen molar-refractivity contribution >= 4 is 13.6 Å². The van der Waals surface area contributed by atoms with E-state index in [1.807, 2.05) is 20.8 Å². The molecule has 0 saturated carbocycles. The molecule has 0 bridgehead atoms. The molecule has 6 heteroatoms. The molecule has 0 aromatic rings. The second-order valence-electron chi connectivity index (χ2n) is 3.80. The van der Waals surface area contributed by atoms with Crippen molar-refractivity contribution in [2.75, 3.05) is 32.8 Å². The van der Waals surface area contributed by atoms with Crippen LogP contribution in [0.3, 0.4) is 0 Å². The van der Waals surface area contributed by atoms with E-state index in [1.54, 1.807) is 18.2 Å². The fourth-order valence-electron chi connectivity index (χ4n) is 1.22. The predicted octanol–water partition coefficient (Wildman–Crippen LogP) is 2.11. The molecule has 98 valence electrons. The highest BCUT2D eigenvalue weighted by molar-refractivity contribution is 7.62. The summed E-state index contributed by atoms with van der Waals surface area (Å²) >= 11 is 0. The van der Waals surface area contributed by atoms with Gasteiger partial charge in [0.25, 0.3) is 0 Å². The number of rotatable bonds is 7. The summed E-state index contributed by atoms with van der Waals surface area (Å²) in [5, 5.41) is 9.55. The van der Waals surface area contributed by atoms with E-state index in [9.17, 15) is 9.36 Å². The largest absolute Gasteiger partial charge is 0.323 e. The zero-order chi connectivity index (χ0) is 13.2. The number of amides is 1. The molecule has 0 heterocycles. The van der Waals surface area contributed by atoms with E-state index in [4.69, 9.17) is 5.21 Å². The average molecular weight is 252 g/mol. The molecule has 0 fully saturated rings. The maximum atomic E-state index is 11.5. The monoisotopic (exact) mass is 252 g/mol. The fourth-order valence-corrected chi connectivity index (χ4v) is 2.42. The first-order chi connectivity index (χ1) is 7.39. The highest BCUT2D eigenvalue weighted by Crippen LogP contribution is 2.36. The van der Waals surface area contributed by atoms with Gasteiger partial charge in [0, 0.05) is 6.54 Å². The van der Waals surface area contributed by atoms with Crippen molar-refractivity contribution < 1.29 is 14.6 Å². The molecule has 0 aliphatic carbocycles. The zero-order valence-corrected chi connectivity index (χ0v) is 11.9. The number of hydroxylamine groups is 2. The van der Waals surface area contributed by atoms with Gasteiger partial charge in [-0.2, -0.15) is 0 Å². The summed E-state index contributed by atoms with van der Waals surface area (Å²) in [6.45, 7) is 10.2. The fraction of sp³-hybridized carbons (Fsp3) is 0.900. The van der Waals surface area contributed by atoms with Gasteiger partial charge in [0.15, 0.2) is 0 Å². The van der Waals surface area contributed by atoms with Gasteiger partial charge in [-0.25, -0.2) is 5.06 Å². The van der Waals surface area contributed by atoms with Crippen LogP contribution in [-0.2, 0) is 9.36 Å². The van der Waals surface area contributed by atoms with Crippen LogP contribution in [0.2, 0.25) is 0 Å². The van der Waals surface area contributed by atoms with E-state index in [-0.39, 0.29) is 6.67 Å². The van der Waals surface area contributed by atoms with Crippen LogP contribution >= 0.6 is 7.14 Å². The molecule has 0 rings (SSSR count). The second-order valence-corrected chi connectivity index (χ2v) is 7.23. The number of hydrogen-bond donors (Lipinski definition) is 1. The van der Waals surface area contributed by atoms with Crippen LogP contribution in [0.5, 0.6) is 0 Å². The van der Waals surface area contributed by atoms with Crippen molar-refractivity contribution in [1.29, 1.82) is 0 Å². The molecule has 0 aromatic carbocycles. The Bertz CT molecular complexity index is 218. The van der Waals surface area contributed by atoms with Crippen molar-refractivity contribution in [2.24, 2.45) is 0 Å². The Labute approximate surface area is 98.7 Å². The second kappa shape index (κ2) is 9.82. The maximum Gasteiger partial charge on any atom is 0.234 e. The Kier molecular flexibility index (Phi) is 11.0. The Morgan fingerprint density at radius 1 is 1.31 bits per heavy atom. The first-order valence-corrected chi connectivity index (χ1v) is 8.35. The lowest BCUT2D eigenvalue weighted by atomic mass is 10.4. The highest BCUT2D eigenvalue weighted by atomic mass is 31.2. The van der Waals surface area contributed by atoms with E-state index < -0.39 is 7.14 Å². The van der Waals surface area contributed by atoms with Gasteiger partial charge in [0.1, 0.15) is 6.67 Å². The Balaban J connectivity index is 0. The molecule has 0 unspecified atom stereocenters.